The number of rotatable bonds is 16. The van der Waals surface area contributed by atoms with Gasteiger partial charge in [-0.3, -0.25) is 10.1 Å². The quantitative estimate of drug-likeness (QED) is 0.134. The normalized spacial score (nSPS) is 11.5. The number of halogens is 3. The zero-order valence-corrected chi connectivity index (χ0v) is 24.3. The second-order valence-corrected chi connectivity index (χ2v) is 10.2. The van der Waals surface area contributed by atoms with E-state index in [1.165, 1.54) is 25.7 Å². The molecular weight excluding hydrogens is 541 g/mol. The van der Waals surface area contributed by atoms with Crippen molar-refractivity contribution >= 4 is 17.1 Å². The Morgan fingerprint density at radius 1 is 0.667 bits per heavy atom. The molecule has 2 heterocycles. The predicted molar refractivity (Wildman–Crippen MR) is 161 cm³/mol. The van der Waals surface area contributed by atoms with E-state index in [4.69, 9.17) is 9.47 Å². The number of benzene rings is 2. The average Bonchev–Trinajstić information content (AvgIpc) is 3.51. The molecule has 0 bridgehead atoms. The summed E-state index contributed by atoms with van der Waals surface area (Å²) >= 11 is 0. The molecule has 1 N–H and O–H groups in total. The number of H-pyrrole nitrogens is 1. The van der Waals surface area contributed by atoms with Crippen molar-refractivity contribution in [1.82, 2.24) is 15.2 Å². The third kappa shape index (κ3) is 8.74. The van der Waals surface area contributed by atoms with E-state index in [2.05, 4.69) is 29.0 Å². The van der Waals surface area contributed by atoms with Crippen LogP contribution in [0.3, 0.4) is 0 Å². The highest BCUT2D eigenvalue weighted by atomic mass is 19.4. The van der Waals surface area contributed by atoms with Crippen molar-refractivity contribution in [3.63, 3.8) is 0 Å². The number of alkyl halides is 3. The van der Waals surface area contributed by atoms with Crippen LogP contribution in [-0.4, -0.2) is 28.4 Å². The van der Waals surface area contributed by atoms with Crippen LogP contribution in [0.15, 0.2) is 72.9 Å². The van der Waals surface area contributed by atoms with Crippen molar-refractivity contribution in [2.45, 2.75) is 71.4 Å². The monoisotopic (exact) mass is 580 g/mol. The first-order chi connectivity index (χ1) is 20.4. The van der Waals surface area contributed by atoms with Crippen molar-refractivity contribution in [2.75, 3.05) is 18.1 Å². The van der Waals surface area contributed by atoms with Crippen LogP contribution < -0.4 is 14.4 Å². The second-order valence-electron chi connectivity index (χ2n) is 10.2. The van der Waals surface area contributed by atoms with Gasteiger partial charge >= 0.3 is 6.18 Å². The standard InChI is InChI=1S/C33H39F3N4O2/c1-3-5-7-9-21-41-28-15-11-25(12-16-28)40(26-13-17-29(18-14-26)42-22-10-8-6-4-2)27-19-20-37-30(23-27)31-24-32(39-38-31)33(34,35)36/h11-20,23-24H,3-10,21-22H2,1-2H3,(H,38,39). The maximum atomic E-state index is 13.2. The number of unbranched alkanes of at least 4 members (excludes halogenated alkanes) is 6. The van der Waals surface area contributed by atoms with Crippen molar-refractivity contribution in [1.29, 1.82) is 0 Å². The fourth-order valence-corrected chi connectivity index (χ4v) is 4.56. The molecule has 6 nitrogen and oxygen atoms in total. The maximum absolute atomic E-state index is 13.2. The molecule has 0 radical (unpaired) electrons. The van der Waals surface area contributed by atoms with E-state index in [1.807, 2.05) is 59.5 Å². The van der Waals surface area contributed by atoms with Gasteiger partial charge in [0.05, 0.1) is 18.9 Å². The first kappa shape index (κ1) is 30.9. The van der Waals surface area contributed by atoms with Gasteiger partial charge in [-0.05, 0) is 79.6 Å². The molecule has 0 saturated carbocycles. The molecule has 0 aliphatic rings. The first-order valence-electron chi connectivity index (χ1n) is 14.7. The Balaban J connectivity index is 1.59. The largest absolute Gasteiger partial charge is 0.494 e. The third-order valence-corrected chi connectivity index (χ3v) is 6.87. The summed E-state index contributed by atoms with van der Waals surface area (Å²) in [5.41, 5.74) is 1.95. The Morgan fingerprint density at radius 2 is 1.21 bits per heavy atom. The van der Waals surface area contributed by atoms with Crippen molar-refractivity contribution < 1.29 is 22.6 Å². The lowest BCUT2D eigenvalue weighted by Crippen LogP contribution is -2.10. The van der Waals surface area contributed by atoms with Gasteiger partial charge in [-0.1, -0.05) is 52.4 Å². The molecule has 0 atom stereocenters. The minimum atomic E-state index is -4.52. The SMILES string of the molecule is CCCCCCOc1ccc(N(c2ccc(OCCCCCC)cc2)c2ccnc(-c3cc(C(F)(F)F)[nH]n3)c2)cc1. The van der Waals surface area contributed by atoms with Gasteiger partial charge in [0.2, 0.25) is 0 Å². The zero-order valence-electron chi connectivity index (χ0n) is 24.3. The molecule has 0 saturated heterocycles. The summed E-state index contributed by atoms with van der Waals surface area (Å²) in [6.07, 6.45) is 6.11. The molecule has 0 spiro atoms. The van der Waals surface area contributed by atoms with Crippen LogP contribution in [0.1, 0.15) is 70.9 Å². The molecule has 224 valence electrons. The molecule has 9 heteroatoms. The van der Waals surface area contributed by atoms with Gasteiger partial charge in [-0.2, -0.15) is 18.3 Å². The summed E-state index contributed by atoms with van der Waals surface area (Å²) in [7, 11) is 0. The highest BCUT2D eigenvalue weighted by Gasteiger charge is 2.33. The topological polar surface area (TPSA) is 63.3 Å². The highest BCUT2D eigenvalue weighted by Crippen LogP contribution is 2.38. The smallest absolute Gasteiger partial charge is 0.432 e. The second kappa shape index (κ2) is 15.3. The Morgan fingerprint density at radius 3 is 1.69 bits per heavy atom. The van der Waals surface area contributed by atoms with Gasteiger partial charge in [0.1, 0.15) is 22.9 Å². The van der Waals surface area contributed by atoms with Crippen LogP contribution in [0.5, 0.6) is 11.5 Å². The molecule has 42 heavy (non-hydrogen) atoms. The summed E-state index contributed by atoms with van der Waals surface area (Å²) in [6.45, 7) is 5.70. The predicted octanol–water partition coefficient (Wildman–Crippen LogP) is 9.88. The fourth-order valence-electron chi connectivity index (χ4n) is 4.56. The van der Waals surface area contributed by atoms with Crippen LogP contribution >= 0.6 is 0 Å². The number of nitrogens with zero attached hydrogens (tertiary/aromatic N) is 3. The van der Waals surface area contributed by atoms with Gasteiger partial charge in [0.15, 0.2) is 0 Å². The average molecular weight is 581 g/mol. The number of nitrogens with one attached hydrogen (secondary N) is 1. The zero-order chi connectivity index (χ0) is 29.8. The maximum Gasteiger partial charge on any atom is 0.432 e. The number of aromatic nitrogens is 3. The summed E-state index contributed by atoms with van der Waals surface area (Å²) in [4.78, 5) is 6.31. The number of anilines is 3. The molecule has 4 aromatic rings. The molecular formula is C33H39F3N4O2. The van der Waals surface area contributed by atoms with Crippen molar-refractivity contribution in [3.8, 4) is 22.9 Å². The van der Waals surface area contributed by atoms with Crippen LogP contribution in [0, 0.1) is 0 Å². The summed E-state index contributed by atoms with van der Waals surface area (Å²) in [5, 5.41) is 5.93. The first-order valence-corrected chi connectivity index (χ1v) is 14.7. The Bertz CT molecular complexity index is 1300. The van der Waals surface area contributed by atoms with Gasteiger partial charge < -0.3 is 14.4 Å². The van der Waals surface area contributed by atoms with E-state index in [9.17, 15) is 13.2 Å². The molecule has 2 aromatic heterocycles. The van der Waals surface area contributed by atoms with Crippen LogP contribution in [0.2, 0.25) is 0 Å². The number of hydrogen-bond acceptors (Lipinski definition) is 5. The van der Waals surface area contributed by atoms with Gasteiger partial charge in [0, 0.05) is 23.3 Å². The lowest BCUT2D eigenvalue weighted by atomic mass is 10.1. The molecule has 2 aromatic carbocycles. The summed E-state index contributed by atoms with van der Waals surface area (Å²) in [5.74, 6) is 1.57. The molecule has 4 rings (SSSR count). The highest BCUT2D eigenvalue weighted by molar-refractivity contribution is 5.78. The molecule has 0 fully saturated rings. The number of aromatic amines is 1. The minimum Gasteiger partial charge on any atom is -0.494 e. The van der Waals surface area contributed by atoms with Crippen LogP contribution in [0.25, 0.3) is 11.4 Å². The molecule has 0 aliphatic heterocycles. The van der Waals surface area contributed by atoms with Gasteiger partial charge in [0.25, 0.3) is 0 Å². The van der Waals surface area contributed by atoms with Crippen LogP contribution in [-0.2, 0) is 6.18 Å². The lowest BCUT2D eigenvalue weighted by Gasteiger charge is -2.26. The molecule has 0 amide bonds. The Hall–Kier alpha value is -4.01. The molecule has 0 aliphatic carbocycles. The van der Waals surface area contributed by atoms with Gasteiger partial charge in [-0.25, -0.2) is 0 Å². The number of pyridine rings is 1. The fraction of sp³-hybridized carbons (Fsp3) is 0.394. The minimum absolute atomic E-state index is 0.114. The van der Waals surface area contributed by atoms with E-state index < -0.39 is 11.9 Å². The third-order valence-electron chi connectivity index (χ3n) is 6.87. The molecule has 0 unspecified atom stereocenters. The summed E-state index contributed by atoms with van der Waals surface area (Å²) in [6, 6.07) is 20.1. The van der Waals surface area contributed by atoms with E-state index >= 15 is 0 Å². The van der Waals surface area contributed by atoms with Crippen molar-refractivity contribution in [2.24, 2.45) is 0 Å². The van der Waals surface area contributed by atoms with E-state index in [0.29, 0.717) is 18.9 Å². The summed E-state index contributed by atoms with van der Waals surface area (Å²) < 4.78 is 51.4. The van der Waals surface area contributed by atoms with Gasteiger partial charge in [-0.15, -0.1) is 0 Å². The lowest BCUT2D eigenvalue weighted by molar-refractivity contribution is -0.141. The van der Waals surface area contributed by atoms with Crippen LogP contribution in [0.4, 0.5) is 30.2 Å². The number of ether oxygens (including phenoxy) is 2. The van der Waals surface area contributed by atoms with E-state index in [0.717, 1.165) is 60.3 Å². The Labute approximate surface area is 245 Å². The van der Waals surface area contributed by atoms with E-state index in [1.54, 1.807) is 12.3 Å². The Kier molecular flexibility index (Phi) is 11.3. The number of hydrogen-bond donors (Lipinski definition) is 1. The van der Waals surface area contributed by atoms with E-state index in [-0.39, 0.29) is 5.69 Å². The van der Waals surface area contributed by atoms with Crippen molar-refractivity contribution in [3.05, 3.63) is 78.6 Å².